The van der Waals surface area contributed by atoms with E-state index in [1.54, 1.807) is 0 Å². The van der Waals surface area contributed by atoms with Crippen molar-refractivity contribution in [1.82, 2.24) is 24.3 Å². The molecule has 0 aliphatic carbocycles. The van der Waals surface area contributed by atoms with Crippen LogP contribution in [0, 0.1) is 5.92 Å². The van der Waals surface area contributed by atoms with Crippen LogP contribution in [0.1, 0.15) is 25.2 Å². The van der Waals surface area contributed by atoms with E-state index in [9.17, 15) is 0 Å². The van der Waals surface area contributed by atoms with Crippen molar-refractivity contribution in [3.8, 4) is 0 Å². The molecule has 3 saturated heterocycles. The third-order valence-electron chi connectivity index (χ3n) is 7.91. The Bertz CT molecular complexity index is 904. The Morgan fingerprint density at radius 1 is 1.00 bits per heavy atom. The number of likely N-dealkylation sites (tertiary alicyclic amines) is 1. The van der Waals surface area contributed by atoms with E-state index < -0.39 is 0 Å². The van der Waals surface area contributed by atoms with Crippen LogP contribution in [0.3, 0.4) is 0 Å². The normalized spacial score (nSPS) is 33.6. The molecule has 0 saturated carbocycles. The number of hydrogen-bond acceptors (Lipinski definition) is 6. The maximum Gasteiger partial charge on any atom is 0.129 e. The number of piperidine rings is 1. The van der Waals surface area contributed by atoms with Crippen LogP contribution in [-0.2, 0) is 15.1 Å². The van der Waals surface area contributed by atoms with Gasteiger partial charge in [0.1, 0.15) is 11.5 Å². The molecule has 1 aromatic heterocycles. The zero-order chi connectivity index (χ0) is 20.1. The van der Waals surface area contributed by atoms with Crippen LogP contribution in [0.4, 0.5) is 0 Å². The molecular formula is C23H33N5O2. The molecule has 0 amide bonds. The van der Waals surface area contributed by atoms with E-state index >= 15 is 0 Å². The fourth-order valence-electron chi connectivity index (χ4n) is 6.53. The lowest BCUT2D eigenvalue weighted by molar-refractivity contribution is -0.124. The predicted octanol–water partition coefficient (Wildman–Crippen LogP) is 1.75. The number of imidazole rings is 1. The number of hydrogen-bond donors (Lipinski definition) is 0. The summed E-state index contributed by atoms with van der Waals surface area (Å²) in [7, 11) is 0. The standard InChI is InChI=1S/C23H33N5O2/c1-2-25-8-7-23(27-11-15-30-16-12-27)18(17-25)21(26-9-13-29-14-10-26)22-24-19-5-3-4-6-20(19)28(22)23/h3-6,18,21H,2,7-17H2,1H3. The third kappa shape index (κ3) is 2.72. The second kappa shape index (κ2) is 7.57. The van der Waals surface area contributed by atoms with Crippen LogP contribution in [-0.4, -0.2) is 96.5 Å². The van der Waals surface area contributed by atoms with Crippen molar-refractivity contribution in [2.45, 2.75) is 25.0 Å². The van der Waals surface area contributed by atoms with Crippen molar-refractivity contribution in [1.29, 1.82) is 0 Å². The van der Waals surface area contributed by atoms with Gasteiger partial charge >= 0.3 is 0 Å². The average molecular weight is 412 g/mol. The van der Waals surface area contributed by atoms with Gasteiger partial charge < -0.3 is 18.9 Å². The minimum atomic E-state index is -0.0101. The van der Waals surface area contributed by atoms with Gasteiger partial charge in [-0.2, -0.15) is 0 Å². The van der Waals surface area contributed by atoms with Gasteiger partial charge in [-0.05, 0) is 25.1 Å². The summed E-state index contributed by atoms with van der Waals surface area (Å²) in [6, 6.07) is 9.09. The third-order valence-corrected chi connectivity index (χ3v) is 7.91. The first-order valence-electron chi connectivity index (χ1n) is 11.7. The summed E-state index contributed by atoms with van der Waals surface area (Å²) in [6.07, 6.45) is 1.15. The number of para-hydroxylation sites is 2. The molecule has 30 heavy (non-hydrogen) atoms. The van der Waals surface area contributed by atoms with Gasteiger partial charge in [0, 0.05) is 45.2 Å². The molecule has 0 bridgehead atoms. The molecule has 2 aromatic rings. The number of nitrogens with zero attached hydrogens (tertiary/aromatic N) is 5. The van der Waals surface area contributed by atoms with E-state index in [4.69, 9.17) is 14.5 Å². The largest absolute Gasteiger partial charge is 0.379 e. The van der Waals surface area contributed by atoms with E-state index in [1.165, 1.54) is 11.3 Å². The minimum absolute atomic E-state index is 0.0101. The molecule has 4 aliphatic rings. The highest BCUT2D eigenvalue weighted by Crippen LogP contribution is 2.54. The average Bonchev–Trinajstić information content (AvgIpc) is 3.33. The lowest BCUT2D eigenvalue weighted by atomic mass is 9.80. The lowest BCUT2D eigenvalue weighted by Crippen LogP contribution is -2.63. The molecular weight excluding hydrogens is 378 g/mol. The van der Waals surface area contributed by atoms with Crippen molar-refractivity contribution < 1.29 is 9.47 Å². The number of ether oxygens (including phenoxy) is 2. The van der Waals surface area contributed by atoms with Crippen LogP contribution >= 0.6 is 0 Å². The SMILES string of the molecule is CCN1CCC2(N3CCOCC3)C(C1)C(N1CCOCC1)c1nc3ccccc3n12. The fourth-order valence-corrected chi connectivity index (χ4v) is 6.53. The molecule has 5 heterocycles. The Labute approximate surface area is 178 Å². The quantitative estimate of drug-likeness (QED) is 0.767. The molecule has 3 fully saturated rings. The summed E-state index contributed by atoms with van der Waals surface area (Å²) < 4.78 is 14.2. The molecule has 3 atom stereocenters. The monoisotopic (exact) mass is 411 g/mol. The van der Waals surface area contributed by atoms with Crippen LogP contribution < -0.4 is 0 Å². The Hall–Kier alpha value is -1.51. The Morgan fingerprint density at radius 2 is 1.73 bits per heavy atom. The topological polar surface area (TPSA) is 46.0 Å². The van der Waals surface area contributed by atoms with Crippen molar-refractivity contribution in [2.75, 3.05) is 72.2 Å². The van der Waals surface area contributed by atoms with Gasteiger partial charge in [-0.25, -0.2) is 4.98 Å². The van der Waals surface area contributed by atoms with Gasteiger partial charge in [-0.1, -0.05) is 19.1 Å². The van der Waals surface area contributed by atoms with Crippen LogP contribution in [0.15, 0.2) is 24.3 Å². The Kier molecular flexibility index (Phi) is 4.84. The van der Waals surface area contributed by atoms with E-state index in [1.807, 2.05) is 0 Å². The highest BCUT2D eigenvalue weighted by atomic mass is 16.5. The zero-order valence-electron chi connectivity index (χ0n) is 18.0. The van der Waals surface area contributed by atoms with E-state index in [-0.39, 0.29) is 5.66 Å². The molecule has 3 unspecified atom stereocenters. The second-order valence-electron chi connectivity index (χ2n) is 9.11. The summed E-state index contributed by atoms with van der Waals surface area (Å²) in [5.41, 5.74) is 2.42. The smallest absolute Gasteiger partial charge is 0.129 e. The van der Waals surface area contributed by atoms with Crippen molar-refractivity contribution >= 4 is 11.0 Å². The summed E-state index contributed by atoms with van der Waals surface area (Å²) in [5, 5.41) is 0. The number of rotatable bonds is 3. The van der Waals surface area contributed by atoms with E-state index in [0.29, 0.717) is 12.0 Å². The molecule has 7 nitrogen and oxygen atoms in total. The van der Waals surface area contributed by atoms with Gasteiger partial charge in [-0.15, -0.1) is 0 Å². The van der Waals surface area contributed by atoms with Gasteiger partial charge in [0.2, 0.25) is 0 Å². The molecule has 0 radical (unpaired) electrons. The number of benzene rings is 1. The maximum absolute atomic E-state index is 5.77. The van der Waals surface area contributed by atoms with Crippen molar-refractivity contribution in [3.63, 3.8) is 0 Å². The van der Waals surface area contributed by atoms with E-state index in [2.05, 4.69) is 50.5 Å². The molecule has 0 N–H and O–H groups in total. The van der Waals surface area contributed by atoms with Crippen molar-refractivity contribution in [3.05, 3.63) is 30.1 Å². The first-order chi connectivity index (χ1) is 14.8. The van der Waals surface area contributed by atoms with Gasteiger partial charge in [0.05, 0.1) is 43.5 Å². The predicted molar refractivity (Wildman–Crippen MR) is 115 cm³/mol. The minimum Gasteiger partial charge on any atom is -0.379 e. The van der Waals surface area contributed by atoms with Crippen LogP contribution in [0.25, 0.3) is 11.0 Å². The fraction of sp³-hybridized carbons (Fsp3) is 0.696. The highest BCUT2D eigenvalue weighted by Gasteiger charge is 2.60. The summed E-state index contributed by atoms with van der Waals surface area (Å²) in [6.45, 7) is 13.0. The number of aromatic nitrogens is 2. The molecule has 6 rings (SSSR count). The van der Waals surface area contributed by atoms with Gasteiger partial charge in [-0.3, -0.25) is 9.80 Å². The van der Waals surface area contributed by atoms with Crippen LogP contribution in [0.5, 0.6) is 0 Å². The Balaban J connectivity index is 1.55. The first kappa shape index (κ1) is 19.2. The van der Waals surface area contributed by atoms with Crippen LogP contribution in [0.2, 0.25) is 0 Å². The molecule has 162 valence electrons. The maximum atomic E-state index is 5.77. The zero-order valence-corrected chi connectivity index (χ0v) is 18.0. The molecule has 4 aliphatic heterocycles. The summed E-state index contributed by atoms with van der Waals surface area (Å²) in [4.78, 5) is 13.3. The molecule has 7 heteroatoms. The first-order valence-corrected chi connectivity index (χ1v) is 11.7. The lowest BCUT2D eigenvalue weighted by Gasteiger charge is -2.54. The van der Waals surface area contributed by atoms with Gasteiger partial charge in [0.15, 0.2) is 0 Å². The molecule has 0 spiro atoms. The highest BCUT2D eigenvalue weighted by molar-refractivity contribution is 5.77. The number of morpholine rings is 2. The summed E-state index contributed by atoms with van der Waals surface area (Å²) in [5.74, 6) is 1.78. The van der Waals surface area contributed by atoms with E-state index in [0.717, 1.165) is 84.2 Å². The second-order valence-corrected chi connectivity index (χ2v) is 9.11. The molecule has 1 aromatic carbocycles. The number of fused-ring (bicyclic) bond motifs is 5. The van der Waals surface area contributed by atoms with Gasteiger partial charge in [0.25, 0.3) is 0 Å². The Morgan fingerprint density at radius 3 is 2.50 bits per heavy atom. The summed E-state index contributed by atoms with van der Waals surface area (Å²) >= 11 is 0. The van der Waals surface area contributed by atoms with Crippen molar-refractivity contribution in [2.24, 2.45) is 5.92 Å².